The molecule has 1 saturated heterocycles. The molecule has 0 radical (unpaired) electrons. The van der Waals surface area contributed by atoms with Crippen LogP contribution >= 0.6 is 0 Å². The van der Waals surface area contributed by atoms with Crippen molar-refractivity contribution in [3.05, 3.63) is 66.3 Å². The van der Waals surface area contributed by atoms with Crippen LogP contribution in [0.2, 0.25) is 0 Å². The van der Waals surface area contributed by atoms with Gasteiger partial charge in [0.1, 0.15) is 6.17 Å². The number of nitrogens with zero attached hydrogens (tertiary/aromatic N) is 4. The molecule has 38 heavy (non-hydrogen) atoms. The zero-order chi connectivity index (χ0) is 27.4. The van der Waals surface area contributed by atoms with Crippen molar-refractivity contribution in [2.24, 2.45) is 0 Å². The van der Waals surface area contributed by atoms with Crippen molar-refractivity contribution in [1.29, 1.82) is 0 Å². The summed E-state index contributed by atoms with van der Waals surface area (Å²) in [5.41, 5.74) is -0.188. The topological polar surface area (TPSA) is 75.1 Å². The van der Waals surface area contributed by atoms with E-state index in [0.29, 0.717) is 36.1 Å². The van der Waals surface area contributed by atoms with Gasteiger partial charge in [0, 0.05) is 48.8 Å². The quantitative estimate of drug-likeness (QED) is 0.405. The predicted molar refractivity (Wildman–Crippen MR) is 141 cm³/mol. The number of allylic oxidation sites excluding steroid dienone is 1. The van der Waals surface area contributed by atoms with Crippen LogP contribution in [0, 0.1) is 0 Å². The zero-order valence-electron chi connectivity index (χ0n) is 21.2. The number of likely N-dealkylation sites (tertiary alicyclic amines) is 1. The summed E-state index contributed by atoms with van der Waals surface area (Å²) >= 11 is 0. The van der Waals surface area contributed by atoms with Crippen LogP contribution in [0.4, 0.5) is 23.2 Å². The Morgan fingerprint density at radius 1 is 1.29 bits per heavy atom. The molecule has 1 unspecified atom stereocenters. The molecule has 0 aliphatic carbocycles. The third-order valence-electron chi connectivity index (χ3n) is 6.50. The van der Waals surface area contributed by atoms with Crippen LogP contribution in [0.3, 0.4) is 0 Å². The van der Waals surface area contributed by atoms with Crippen LogP contribution in [0.1, 0.15) is 35.1 Å². The minimum atomic E-state index is -4.68. The number of hydrogen-bond acceptors (Lipinski definition) is 5. The molecule has 202 valence electrons. The van der Waals surface area contributed by atoms with E-state index in [1.807, 2.05) is 18.9 Å². The summed E-state index contributed by atoms with van der Waals surface area (Å²) in [5.74, 6) is -0.322. The molecule has 3 heterocycles. The van der Waals surface area contributed by atoms with E-state index in [2.05, 4.69) is 27.3 Å². The lowest BCUT2D eigenvalue weighted by Gasteiger charge is -2.33. The highest BCUT2D eigenvalue weighted by Gasteiger charge is 2.35. The number of pyridine rings is 1. The van der Waals surface area contributed by atoms with Crippen molar-refractivity contribution in [3.8, 4) is 0 Å². The molecule has 1 aliphatic rings. The number of nitrogens with one attached hydrogen (secondary N) is 2. The van der Waals surface area contributed by atoms with Gasteiger partial charge in [0.25, 0.3) is 5.91 Å². The van der Waals surface area contributed by atoms with E-state index >= 15 is 0 Å². The van der Waals surface area contributed by atoms with Crippen LogP contribution in [-0.4, -0.2) is 70.6 Å². The second-order valence-corrected chi connectivity index (χ2v) is 9.29. The van der Waals surface area contributed by atoms with Gasteiger partial charge in [-0.2, -0.15) is 18.3 Å². The van der Waals surface area contributed by atoms with E-state index in [9.17, 15) is 22.4 Å². The minimum Gasteiger partial charge on any atom is -0.379 e. The van der Waals surface area contributed by atoms with Crippen molar-refractivity contribution in [2.45, 2.75) is 38.3 Å². The number of aromatic nitrogens is 3. The molecule has 2 aromatic heterocycles. The molecule has 3 aromatic rings. The number of halogens is 4. The Hall–Kier alpha value is -3.73. The van der Waals surface area contributed by atoms with Crippen LogP contribution < -0.4 is 10.6 Å². The fourth-order valence-corrected chi connectivity index (χ4v) is 4.38. The zero-order valence-corrected chi connectivity index (χ0v) is 21.2. The molecule has 1 aromatic carbocycles. The first kappa shape index (κ1) is 27.3. The van der Waals surface area contributed by atoms with E-state index in [0.717, 1.165) is 0 Å². The Bertz CT molecular complexity index is 1350. The molecule has 4 rings (SSSR count). The maximum Gasteiger partial charge on any atom is 0.417 e. The number of rotatable bonds is 8. The molecule has 11 heteroatoms. The number of alkyl halides is 4. The maximum atomic E-state index is 14.7. The number of anilines is 1. The Morgan fingerprint density at radius 2 is 2.08 bits per heavy atom. The third-order valence-corrected chi connectivity index (χ3v) is 6.50. The summed E-state index contributed by atoms with van der Waals surface area (Å²) in [6.45, 7) is 6.90. The first-order chi connectivity index (χ1) is 18.1. The number of carbonyl (C=O) groups excluding carboxylic acids is 1. The first-order valence-corrected chi connectivity index (χ1v) is 12.3. The normalized spacial score (nSPS) is 18.7. The number of amides is 1. The number of hydrogen-bond donors (Lipinski definition) is 2. The maximum absolute atomic E-state index is 14.7. The molecular weight excluding hydrogens is 500 g/mol. The average Bonchev–Trinajstić information content (AvgIpc) is 3.36. The highest BCUT2D eigenvalue weighted by Crippen LogP contribution is 2.37. The van der Waals surface area contributed by atoms with Gasteiger partial charge in [-0.3, -0.25) is 9.48 Å². The van der Waals surface area contributed by atoms with Gasteiger partial charge in [-0.05, 0) is 38.6 Å². The largest absolute Gasteiger partial charge is 0.417 e. The lowest BCUT2D eigenvalue weighted by atomic mass is 9.99. The first-order valence-electron chi connectivity index (χ1n) is 12.3. The van der Waals surface area contributed by atoms with Gasteiger partial charge >= 0.3 is 6.18 Å². The van der Waals surface area contributed by atoms with Gasteiger partial charge in [0.15, 0.2) is 0 Å². The molecule has 1 aliphatic heterocycles. The van der Waals surface area contributed by atoms with Gasteiger partial charge in [-0.15, -0.1) is 0 Å². The van der Waals surface area contributed by atoms with E-state index in [-0.39, 0.29) is 35.8 Å². The van der Waals surface area contributed by atoms with Crippen molar-refractivity contribution in [2.75, 3.05) is 32.0 Å². The molecule has 0 bridgehead atoms. The molecule has 1 fully saturated rings. The van der Waals surface area contributed by atoms with E-state index < -0.39 is 24.0 Å². The minimum absolute atomic E-state index is 0.129. The molecule has 0 saturated carbocycles. The van der Waals surface area contributed by atoms with Gasteiger partial charge in [-0.25, -0.2) is 9.37 Å². The second-order valence-electron chi connectivity index (χ2n) is 9.29. The standard InChI is InChI=1S/C27H30F4N6O/c1-4-37-15-18(14-33-37)26(38)32-11-6-7-19-13-21-20(25(34-19)17(2)27(29,30)31)8-5-9-23(21)35-24-10-12-36(3)16-22(24)28/h5-9,13-15,22,24,35H,2,4,10-12,16H2,1,3H3,(H,32,38)/b7-6+/t22?,24-/m1/s1. The van der Waals surface area contributed by atoms with Crippen molar-refractivity contribution in [3.63, 3.8) is 0 Å². The van der Waals surface area contributed by atoms with Crippen molar-refractivity contribution >= 4 is 34.0 Å². The van der Waals surface area contributed by atoms with E-state index in [1.54, 1.807) is 41.2 Å². The van der Waals surface area contributed by atoms with Crippen LogP contribution in [0.15, 0.2) is 49.3 Å². The summed E-state index contributed by atoms with van der Waals surface area (Å²) in [6, 6.07) is 6.07. The summed E-state index contributed by atoms with van der Waals surface area (Å²) in [5, 5.41) is 10.7. The molecule has 1 amide bonds. The number of carbonyl (C=O) groups is 1. The summed E-state index contributed by atoms with van der Waals surface area (Å²) in [4.78, 5) is 18.4. The smallest absolute Gasteiger partial charge is 0.379 e. The Labute approximate surface area is 218 Å². The van der Waals surface area contributed by atoms with Gasteiger partial charge in [0.05, 0.1) is 34.8 Å². The fraction of sp³-hybridized carbons (Fsp3) is 0.370. The number of benzene rings is 1. The number of fused-ring (bicyclic) bond motifs is 1. The van der Waals surface area contributed by atoms with E-state index in [4.69, 9.17) is 0 Å². The Morgan fingerprint density at radius 3 is 2.76 bits per heavy atom. The lowest BCUT2D eigenvalue weighted by molar-refractivity contribution is -0.0688. The molecule has 0 spiro atoms. The molecular formula is C27H30F4N6O. The Balaban J connectivity index is 1.62. The summed E-state index contributed by atoms with van der Waals surface area (Å²) in [6.07, 6.45) is 0.977. The van der Waals surface area contributed by atoms with Crippen LogP contribution in [0.5, 0.6) is 0 Å². The average molecular weight is 531 g/mol. The summed E-state index contributed by atoms with van der Waals surface area (Å²) in [7, 11) is 1.85. The fourth-order valence-electron chi connectivity index (χ4n) is 4.38. The highest BCUT2D eigenvalue weighted by molar-refractivity contribution is 6.01. The van der Waals surface area contributed by atoms with Gasteiger partial charge < -0.3 is 15.5 Å². The number of aryl methyl sites for hydroxylation is 1. The Kier molecular flexibility index (Phi) is 8.15. The third kappa shape index (κ3) is 6.21. The SMILES string of the molecule is C=C(c1nc(/C=C/CNC(=O)c2cnn(CC)c2)cc2c(N[C@@H]3CCN(C)CC3F)cccc12)C(F)(F)F. The van der Waals surface area contributed by atoms with Crippen LogP contribution in [0.25, 0.3) is 22.4 Å². The second kappa shape index (κ2) is 11.3. The predicted octanol–water partition coefficient (Wildman–Crippen LogP) is 4.92. The summed E-state index contributed by atoms with van der Waals surface area (Å²) < 4.78 is 57.3. The molecule has 2 atom stereocenters. The van der Waals surface area contributed by atoms with E-state index in [1.165, 1.54) is 12.3 Å². The van der Waals surface area contributed by atoms with Gasteiger partial charge in [0.2, 0.25) is 0 Å². The van der Waals surface area contributed by atoms with Crippen molar-refractivity contribution < 1.29 is 22.4 Å². The lowest BCUT2D eigenvalue weighted by Crippen LogP contribution is -2.46. The molecule has 7 nitrogen and oxygen atoms in total. The number of piperidine rings is 1. The van der Waals surface area contributed by atoms with Crippen molar-refractivity contribution in [1.82, 2.24) is 25.0 Å². The highest BCUT2D eigenvalue weighted by atomic mass is 19.4. The van der Waals surface area contributed by atoms with Gasteiger partial charge in [-0.1, -0.05) is 24.8 Å². The molecule has 2 N–H and O–H groups in total. The monoisotopic (exact) mass is 530 g/mol. The van der Waals surface area contributed by atoms with Crippen LogP contribution in [-0.2, 0) is 6.54 Å².